The Morgan fingerprint density at radius 1 is 1.36 bits per heavy atom. The highest BCUT2D eigenvalue weighted by molar-refractivity contribution is 5.79. The zero-order valence-corrected chi connectivity index (χ0v) is 13.9. The maximum atomic E-state index is 5.33. The second-order valence-corrected chi connectivity index (χ2v) is 6.08. The smallest absolute Gasteiger partial charge is 0.191 e. The molecule has 0 radical (unpaired) electrons. The normalized spacial score (nSPS) is 17.6. The number of methoxy groups -OCH3 is 1. The minimum atomic E-state index is 0.358. The van der Waals surface area contributed by atoms with E-state index in [1.165, 1.54) is 25.7 Å². The Morgan fingerprint density at radius 2 is 2.18 bits per heavy atom. The first-order valence-electron chi connectivity index (χ1n) is 8.31. The largest absolute Gasteiger partial charge is 0.467 e. The van der Waals surface area contributed by atoms with Gasteiger partial charge in [0.2, 0.25) is 0 Å². The molecule has 0 bridgehead atoms. The zero-order valence-electron chi connectivity index (χ0n) is 13.9. The van der Waals surface area contributed by atoms with Crippen molar-refractivity contribution in [1.29, 1.82) is 0 Å². The zero-order chi connectivity index (χ0) is 15.7. The number of rotatable bonds is 8. The SMILES string of the molecule is CCNC(=NCc1ccco1)NCC1(CCOC)CCCC1. The summed E-state index contributed by atoms with van der Waals surface area (Å²) < 4.78 is 10.6. The molecule has 22 heavy (non-hydrogen) atoms. The van der Waals surface area contributed by atoms with Crippen molar-refractivity contribution in [2.24, 2.45) is 10.4 Å². The summed E-state index contributed by atoms with van der Waals surface area (Å²) in [6.07, 6.45) is 8.01. The molecule has 5 heteroatoms. The number of nitrogens with zero attached hydrogens (tertiary/aromatic N) is 1. The number of nitrogens with one attached hydrogen (secondary N) is 2. The first-order valence-corrected chi connectivity index (χ1v) is 8.31. The van der Waals surface area contributed by atoms with E-state index in [-0.39, 0.29) is 0 Å². The lowest BCUT2D eigenvalue weighted by Gasteiger charge is -2.29. The van der Waals surface area contributed by atoms with Crippen LogP contribution >= 0.6 is 0 Å². The van der Waals surface area contributed by atoms with Crippen molar-refractivity contribution in [1.82, 2.24) is 10.6 Å². The molecule has 1 fully saturated rings. The van der Waals surface area contributed by atoms with Gasteiger partial charge in [0.25, 0.3) is 0 Å². The van der Waals surface area contributed by atoms with E-state index < -0.39 is 0 Å². The van der Waals surface area contributed by atoms with Crippen molar-refractivity contribution in [3.63, 3.8) is 0 Å². The second kappa shape index (κ2) is 8.83. The monoisotopic (exact) mass is 307 g/mol. The molecule has 1 aliphatic carbocycles. The molecule has 5 nitrogen and oxygen atoms in total. The Hall–Kier alpha value is -1.49. The van der Waals surface area contributed by atoms with Crippen LogP contribution in [-0.2, 0) is 11.3 Å². The predicted molar refractivity (Wildman–Crippen MR) is 88.9 cm³/mol. The van der Waals surface area contributed by atoms with Crippen molar-refractivity contribution in [2.45, 2.75) is 45.6 Å². The summed E-state index contributed by atoms with van der Waals surface area (Å²) in [5, 5.41) is 6.82. The highest BCUT2D eigenvalue weighted by Gasteiger charge is 2.33. The topological polar surface area (TPSA) is 58.8 Å². The molecule has 0 unspecified atom stereocenters. The van der Waals surface area contributed by atoms with Crippen LogP contribution in [0.15, 0.2) is 27.8 Å². The maximum absolute atomic E-state index is 5.33. The first kappa shape index (κ1) is 16.9. The molecule has 0 amide bonds. The molecule has 1 saturated carbocycles. The lowest BCUT2D eigenvalue weighted by Crippen LogP contribution is -2.43. The summed E-state index contributed by atoms with van der Waals surface area (Å²) >= 11 is 0. The summed E-state index contributed by atoms with van der Waals surface area (Å²) in [6.45, 7) is 5.30. The molecule has 2 rings (SSSR count). The van der Waals surface area contributed by atoms with Gasteiger partial charge in [-0.05, 0) is 43.7 Å². The van der Waals surface area contributed by atoms with Gasteiger partial charge >= 0.3 is 0 Å². The molecule has 1 heterocycles. The highest BCUT2D eigenvalue weighted by atomic mass is 16.5. The quantitative estimate of drug-likeness (QED) is 0.573. The van der Waals surface area contributed by atoms with Crippen LogP contribution in [0.3, 0.4) is 0 Å². The van der Waals surface area contributed by atoms with E-state index in [9.17, 15) is 0 Å². The Kier molecular flexibility index (Phi) is 6.77. The van der Waals surface area contributed by atoms with Crippen molar-refractivity contribution in [2.75, 3.05) is 26.8 Å². The average Bonchev–Trinajstić information content (AvgIpc) is 3.20. The fourth-order valence-corrected chi connectivity index (χ4v) is 3.13. The van der Waals surface area contributed by atoms with Gasteiger partial charge in [0.05, 0.1) is 6.26 Å². The fourth-order valence-electron chi connectivity index (χ4n) is 3.13. The maximum Gasteiger partial charge on any atom is 0.191 e. The fraction of sp³-hybridized carbons (Fsp3) is 0.706. The van der Waals surface area contributed by atoms with Crippen LogP contribution in [0, 0.1) is 5.41 Å². The van der Waals surface area contributed by atoms with Gasteiger partial charge in [0, 0.05) is 26.8 Å². The summed E-state index contributed by atoms with van der Waals surface area (Å²) in [4.78, 5) is 4.60. The molecule has 0 spiro atoms. The first-order chi connectivity index (χ1) is 10.8. The van der Waals surface area contributed by atoms with Crippen LogP contribution in [0.2, 0.25) is 0 Å². The van der Waals surface area contributed by atoms with Gasteiger partial charge in [-0.1, -0.05) is 12.8 Å². The van der Waals surface area contributed by atoms with Gasteiger partial charge < -0.3 is 19.8 Å². The van der Waals surface area contributed by atoms with E-state index in [1.807, 2.05) is 12.1 Å². The molecule has 0 aliphatic heterocycles. The summed E-state index contributed by atoms with van der Waals surface area (Å²) in [5.41, 5.74) is 0.358. The van der Waals surface area contributed by atoms with E-state index in [2.05, 4.69) is 22.5 Å². The third-order valence-corrected chi connectivity index (χ3v) is 4.45. The number of hydrogen-bond acceptors (Lipinski definition) is 3. The number of guanidine groups is 1. The number of aliphatic imine (C=N–C) groups is 1. The minimum absolute atomic E-state index is 0.358. The molecule has 1 aliphatic rings. The second-order valence-electron chi connectivity index (χ2n) is 6.08. The van der Waals surface area contributed by atoms with Crippen molar-refractivity contribution in [3.8, 4) is 0 Å². The van der Waals surface area contributed by atoms with Gasteiger partial charge in [-0.25, -0.2) is 4.99 Å². The van der Waals surface area contributed by atoms with Crippen LogP contribution in [0.5, 0.6) is 0 Å². The van der Waals surface area contributed by atoms with Gasteiger partial charge in [-0.2, -0.15) is 0 Å². The van der Waals surface area contributed by atoms with E-state index in [1.54, 1.807) is 13.4 Å². The minimum Gasteiger partial charge on any atom is -0.467 e. The lowest BCUT2D eigenvalue weighted by molar-refractivity contribution is 0.138. The van der Waals surface area contributed by atoms with Gasteiger partial charge in [0.1, 0.15) is 12.3 Å². The molecular formula is C17H29N3O2. The van der Waals surface area contributed by atoms with E-state index in [0.29, 0.717) is 12.0 Å². The highest BCUT2D eigenvalue weighted by Crippen LogP contribution is 2.40. The van der Waals surface area contributed by atoms with Crippen LogP contribution in [0.25, 0.3) is 0 Å². The Bertz CT molecular complexity index is 437. The number of furan rings is 1. The molecular weight excluding hydrogens is 278 g/mol. The molecule has 0 aromatic carbocycles. The molecule has 2 N–H and O–H groups in total. The average molecular weight is 307 g/mol. The van der Waals surface area contributed by atoms with Gasteiger partial charge in [-0.15, -0.1) is 0 Å². The molecule has 1 aromatic heterocycles. The predicted octanol–water partition coefficient (Wildman–Crippen LogP) is 2.93. The Balaban J connectivity index is 1.90. The molecule has 1 aromatic rings. The molecule has 0 saturated heterocycles. The van der Waals surface area contributed by atoms with E-state index in [4.69, 9.17) is 9.15 Å². The van der Waals surface area contributed by atoms with Crippen LogP contribution in [-0.4, -0.2) is 32.8 Å². The van der Waals surface area contributed by atoms with E-state index in [0.717, 1.165) is 37.8 Å². The van der Waals surface area contributed by atoms with Crippen molar-refractivity contribution in [3.05, 3.63) is 24.2 Å². The summed E-state index contributed by atoms with van der Waals surface area (Å²) in [7, 11) is 1.78. The molecule has 124 valence electrons. The summed E-state index contributed by atoms with van der Waals surface area (Å²) in [5.74, 6) is 1.75. The van der Waals surface area contributed by atoms with Crippen LogP contribution < -0.4 is 10.6 Å². The Labute approximate surface area is 133 Å². The van der Waals surface area contributed by atoms with Gasteiger partial charge in [-0.3, -0.25) is 0 Å². The van der Waals surface area contributed by atoms with Crippen LogP contribution in [0.1, 0.15) is 44.8 Å². The van der Waals surface area contributed by atoms with Crippen molar-refractivity contribution < 1.29 is 9.15 Å². The summed E-state index contributed by atoms with van der Waals surface area (Å²) in [6, 6.07) is 3.84. The third-order valence-electron chi connectivity index (χ3n) is 4.45. The molecule has 0 atom stereocenters. The van der Waals surface area contributed by atoms with E-state index >= 15 is 0 Å². The number of ether oxygens (including phenoxy) is 1. The Morgan fingerprint density at radius 3 is 2.82 bits per heavy atom. The van der Waals surface area contributed by atoms with Crippen molar-refractivity contribution >= 4 is 5.96 Å². The third kappa shape index (κ3) is 5.05. The van der Waals surface area contributed by atoms with Gasteiger partial charge in [0.15, 0.2) is 5.96 Å². The lowest BCUT2D eigenvalue weighted by atomic mass is 9.83. The number of hydrogen-bond donors (Lipinski definition) is 2. The van der Waals surface area contributed by atoms with Crippen LogP contribution in [0.4, 0.5) is 0 Å². The standard InChI is InChI=1S/C17H29N3O2/c1-3-18-16(19-13-15-7-6-11-22-15)20-14-17(10-12-21-2)8-4-5-9-17/h6-7,11H,3-5,8-10,12-14H2,1-2H3,(H2,18,19,20).